The van der Waals surface area contributed by atoms with Gasteiger partial charge in [-0.3, -0.25) is 4.21 Å². The van der Waals surface area contributed by atoms with Gasteiger partial charge in [-0.15, -0.1) is 11.3 Å². The van der Waals surface area contributed by atoms with Crippen molar-refractivity contribution in [2.24, 2.45) is 0 Å². The first kappa shape index (κ1) is 10.3. The molecule has 0 bridgehead atoms. The predicted molar refractivity (Wildman–Crippen MR) is 64.1 cm³/mol. The molecular formula is C10H11N3OS2. The normalized spacial score (nSPS) is 19.9. The van der Waals surface area contributed by atoms with Gasteiger partial charge in [0.1, 0.15) is 6.33 Å². The van der Waals surface area contributed by atoms with Crippen LogP contribution in [0.5, 0.6) is 0 Å². The second kappa shape index (κ2) is 3.30. The summed E-state index contributed by atoms with van der Waals surface area (Å²) in [4.78, 5) is 12.8. The van der Waals surface area contributed by atoms with E-state index in [1.807, 2.05) is 0 Å². The average Bonchev–Trinajstić information content (AvgIpc) is 2.84. The van der Waals surface area contributed by atoms with Gasteiger partial charge in [-0.05, 0) is 12.8 Å². The largest absolute Gasteiger partial charge is 0.252 e. The standard InChI is InChI=1S/C10H11N3OS2/c1-10(3-4-10)7-6-8(12-5-11-7)13-9(15-6)16(2)14/h5H,3-4H2,1-2H3. The maximum atomic E-state index is 11.4. The Bertz CT molecular complexity index is 589. The zero-order valence-electron chi connectivity index (χ0n) is 9.06. The molecule has 1 atom stereocenters. The molecule has 0 spiro atoms. The SMILES string of the molecule is CS(=O)c1nc2ncnc(C3(C)CC3)c2s1. The summed E-state index contributed by atoms with van der Waals surface area (Å²) in [5, 5.41) is 0. The molecule has 0 aromatic carbocycles. The Kier molecular flexibility index (Phi) is 2.12. The number of nitrogens with zero attached hydrogens (tertiary/aromatic N) is 3. The molecule has 2 aromatic rings. The minimum absolute atomic E-state index is 0.195. The Morgan fingerprint density at radius 1 is 1.44 bits per heavy atom. The first-order valence-corrected chi connectivity index (χ1v) is 7.43. The van der Waals surface area contributed by atoms with Crippen molar-refractivity contribution in [2.45, 2.75) is 29.5 Å². The van der Waals surface area contributed by atoms with Gasteiger partial charge in [0.05, 0.1) is 21.2 Å². The Labute approximate surface area is 99.6 Å². The van der Waals surface area contributed by atoms with Crippen molar-refractivity contribution in [1.29, 1.82) is 0 Å². The summed E-state index contributed by atoms with van der Waals surface area (Å²) in [5.41, 5.74) is 1.96. The Hall–Kier alpha value is -0.880. The summed E-state index contributed by atoms with van der Waals surface area (Å²) in [5.74, 6) is 0. The van der Waals surface area contributed by atoms with E-state index in [1.165, 1.54) is 24.2 Å². The van der Waals surface area contributed by atoms with Gasteiger partial charge in [-0.1, -0.05) is 6.92 Å². The molecule has 4 nitrogen and oxygen atoms in total. The van der Waals surface area contributed by atoms with Crippen molar-refractivity contribution in [1.82, 2.24) is 15.0 Å². The summed E-state index contributed by atoms with van der Waals surface area (Å²) in [6.07, 6.45) is 5.54. The first-order valence-electron chi connectivity index (χ1n) is 5.06. The van der Waals surface area contributed by atoms with E-state index in [0.29, 0.717) is 9.99 Å². The van der Waals surface area contributed by atoms with Crippen LogP contribution in [0.1, 0.15) is 25.5 Å². The highest BCUT2D eigenvalue weighted by Crippen LogP contribution is 2.49. The minimum atomic E-state index is -1.04. The van der Waals surface area contributed by atoms with E-state index in [9.17, 15) is 4.21 Å². The van der Waals surface area contributed by atoms with Crippen molar-refractivity contribution in [3.63, 3.8) is 0 Å². The Morgan fingerprint density at radius 3 is 2.81 bits per heavy atom. The lowest BCUT2D eigenvalue weighted by Crippen LogP contribution is -2.03. The molecule has 0 saturated heterocycles. The topological polar surface area (TPSA) is 55.7 Å². The van der Waals surface area contributed by atoms with Crippen molar-refractivity contribution >= 4 is 32.5 Å². The molecule has 0 radical (unpaired) electrons. The van der Waals surface area contributed by atoms with Crippen LogP contribution in [-0.4, -0.2) is 25.4 Å². The second-order valence-corrected chi connectivity index (χ2v) is 6.92. The molecule has 1 unspecified atom stereocenters. The lowest BCUT2D eigenvalue weighted by molar-refractivity contribution is 0.686. The highest BCUT2D eigenvalue weighted by Gasteiger charge is 2.42. The third kappa shape index (κ3) is 1.48. The summed E-state index contributed by atoms with van der Waals surface area (Å²) in [6, 6.07) is 0. The van der Waals surface area contributed by atoms with Crippen LogP contribution in [0.3, 0.4) is 0 Å². The summed E-state index contributed by atoms with van der Waals surface area (Å²) < 4.78 is 13.0. The van der Waals surface area contributed by atoms with E-state index >= 15 is 0 Å². The van der Waals surface area contributed by atoms with Gasteiger partial charge in [-0.25, -0.2) is 15.0 Å². The van der Waals surface area contributed by atoms with Crippen molar-refractivity contribution in [2.75, 3.05) is 6.26 Å². The molecule has 84 valence electrons. The summed E-state index contributed by atoms with van der Waals surface area (Å²) >= 11 is 1.46. The van der Waals surface area contributed by atoms with Gasteiger partial charge in [0.2, 0.25) is 0 Å². The molecule has 2 aromatic heterocycles. The number of hydrogen-bond donors (Lipinski definition) is 0. The Balaban J connectivity index is 2.26. The third-order valence-electron chi connectivity index (χ3n) is 2.99. The molecule has 1 aliphatic rings. The van der Waals surface area contributed by atoms with Gasteiger partial charge in [0.25, 0.3) is 0 Å². The molecule has 6 heteroatoms. The molecule has 1 saturated carbocycles. The maximum absolute atomic E-state index is 11.4. The lowest BCUT2D eigenvalue weighted by atomic mass is 10.1. The smallest absolute Gasteiger partial charge is 0.183 e. The van der Waals surface area contributed by atoms with E-state index in [1.54, 1.807) is 12.6 Å². The highest BCUT2D eigenvalue weighted by atomic mass is 32.2. The minimum Gasteiger partial charge on any atom is -0.252 e. The van der Waals surface area contributed by atoms with Gasteiger partial charge < -0.3 is 0 Å². The molecular weight excluding hydrogens is 242 g/mol. The number of hydrogen-bond acceptors (Lipinski definition) is 5. The molecule has 1 aliphatic carbocycles. The average molecular weight is 253 g/mol. The fourth-order valence-electron chi connectivity index (χ4n) is 1.71. The van der Waals surface area contributed by atoms with E-state index in [2.05, 4.69) is 21.9 Å². The molecule has 0 N–H and O–H groups in total. The molecule has 3 rings (SSSR count). The molecule has 1 fully saturated rings. The fraction of sp³-hybridized carbons (Fsp3) is 0.500. The van der Waals surface area contributed by atoms with Gasteiger partial charge in [0.15, 0.2) is 9.99 Å². The van der Waals surface area contributed by atoms with Crippen LogP contribution in [-0.2, 0) is 16.2 Å². The third-order valence-corrected chi connectivity index (χ3v) is 5.37. The van der Waals surface area contributed by atoms with Gasteiger partial charge in [0, 0.05) is 11.7 Å². The van der Waals surface area contributed by atoms with Crippen LogP contribution in [0.2, 0.25) is 0 Å². The van der Waals surface area contributed by atoms with E-state index in [0.717, 1.165) is 10.4 Å². The van der Waals surface area contributed by atoms with Gasteiger partial charge in [-0.2, -0.15) is 0 Å². The zero-order chi connectivity index (χ0) is 11.3. The van der Waals surface area contributed by atoms with E-state index in [4.69, 9.17) is 0 Å². The lowest BCUT2D eigenvalue weighted by Gasteiger charge is -2.06. The number of thiazole rings is 1. The fourth-order valence-corrected chi connectivity index (χ4v) is 3.54. The van der Waals surface area contributed by atoms with E-state index < -0.39 is 10.8 Å². The molecule has 16 heavy (non-hydrogen) atoms. The van der Waals surface area contributed by atoms with Crippen LogP contribution in [0.25, 0.3) is 10.3 Å². The number of aromatic nitrogens is 3. The quantitative estimate of drug-likeness (QED) is 0.820. The Morgan fingerprint density at radius 2 is 2.19 bits per heavy atom. The monoisotopic (exact) mass is 253 g/mol. The summed E-state index contributed by atoms with van der Waals surface area (Å²) in [7, 11) is -1.04. The van der Waals surface area contributed by atoms with Crippen molar-refractivity contribution < 1.29 is 4.21 Å². The maximum Gasteiger partial charge on any atom is 0.183 e. The van der Waals surface area contributed by atoms with Crippen LogP contribution in [0, 0.1) is 0 Å². The van der Waals surface area contributed by atoms with Crippen LogP contribution in [0.4, 0.5) is 0 Å². The zero-order valence-corrected chi connectivity index (χ0v) is 10.7. The number of rotatable bonds is 2. The van der Waals surface area contributed by atoms with Crippen LogP contribution < -0.4 is 0 Å². The highest BCUT2D eigenvalue weighted by molar-refractivity contribution is 7.86. The molecule has 0 amide bonds. The first-order chi connectivity index (χ1) is 7.60. The van der Waals surface area contributed by atoms with Crippen molar-refractivity contribution in [3.8, 4) is 0 Å². The number of fused-ring (bicyclic) bond motifs is 1. The molecule has 0 aliphatic heterocycles. The summed E-state index contributed by atoms with van der Waals surface area (Å²) in [6.45, 7) is 2.21. The van der Waals surface area contributed by atoms with E-state index in [-0.39, 0.29) is 5.41 Å². The van der Waals surface area contributed by atoms with Gasteiger partial charge >= 0.3 is 0 Å². The molecule has 2 heterocycles. The second-order valence-electron chi connectivity index (χ2n) is 4.37. The van der Waals surface area contributed by atoms with Crippen molar-refractivity contribution in [3.05, 3.63) is 12.0 Å². The van der Waals surface area contributed by atoms with Crippen LogP contribution in [0.15, 0.2) is 10.7 Å². The van der Waals surface area contributed by atoms with Crippen LogP contribution >= 0.6 is 11.3 Å². The predicted octanol–water partition coefficient (Wildman–Crippen LogP) is 1.88.